The summed E-state index contributed by atoms with van der Waals surface area (Å²) < 4.78 is 68.8. The third-order valence-corrected chi connectivity index (χ3v) is 7.74. The first-order valence-corrected chi connectivity index (χ1v) is 13.0. The van der Waals surface area contributed by atoms with Crippen molar-refractivity contribution in [2.75, 3.05) is 22.5 Å². The highest BCUT2D eigenvalue weighted by Crippen LogP contribution is 2.50. The second kappa shape index (κ2) is 10.0. The third-order valence-electron chi connectivity index (χ3n) is 7.40. The number of carbonyl (C=O) groups excluding carboxylic acids is 2. The molecule has 3 aromatic carbocycles. The summed E-state index contributed by atoms with van der Waals surface area (Å²) in [7, 11) is 0. The predicted octanol–water partition coefficient (Wildman–Crippen LogP) is 6.51. The summed E-state index contributed by atoms with van der Waals surface area (Å²) in [5, 5.41) is 15.2. The van der Waals surface area contributed by atoms with Crippen molar-refractivity contribution in [2.45, 2.75) is 18.6 Å². The number of nitrogens with two attached hydrogens (primary N) is 1. The molecule has 4 aromatic rings. The van der Waals surface area contributed by atoms with Crippen LogP contribution in [0.5, 0.6) is 0 Å². The van der Waals surface area contributed by atoms with Gasteiger partial charge in [-0.25, -0.2) is 13.6 Å². The van der Waals surface area contributed by atoms with Gasteiger partial charge in [-0.1, -0.05) is 11.6 Å². The first kappa shape index (κ1) is 28.0. The molecule has 43 heavy (non-hydrogen) atoms. The van der Waals surface area contributed by atoms with E-state index in [2.05, 4.69) is 15.6 Å². The lowest BCUT2D eigenvalue weighted by Crippen LogP contribution is -2.46. The van der Waals surface area contributed by atoms with Gasteiger partial charge in [0.05, 0.1) is 28.7 Å². The Hall–Kier alpha value is -5.09. The number of amides is 3. The molecule has 218 valence electrons. The van der Waals surface area contributed by atoms with Crippen LogP contribution in [0.3, 0.4) is 0 Å². The fourth-order valence-electron chi connectivity index (χ4n) is 5.54. The molecule has 5 N–H and O–H groups in total. The zero-order chi connectivity index (χ0) is 30.8. The summed E-state index contributed by atoms with van der Waals surface area (Å²) >= 11 is 6.41. The Morgan fingerprint density at radius 2 is 1.91 bits per heavy atom. The van der Waals surface area contributed by atoms with Gasteiger partial charge >= 0.3 is 12.2 Å². The van der Waals surface area contributed by atoms with Gasteiger partial charge in [-0.3, -0.25) is 9.69 Å². The maximum Gasteiger partial charge on any atom is 0.416 e. The standard InChI is InChI=1S/C29H18ClF5N6O2/c30-20-2-1-14(31)8-18(20)25-23-22(39-27(42)12-5-13(29(33,34)35)7-15(32)6-12)9-17(24-19(10-36)21(37)11-38-24)16-3-4-41(26(16)23)28(43)40-25/h1-2,5-9,11,25,38H,3-4,37H2,(H,39,42)(H,40,43). The maximum absolute atomic E-state index is 14.4. The van der Waals surface area contributed by atoms with Crippen LogP contribution < -0.4 is 21.3 Å². The number of nitrogens with zero attached hydrogens (tertiary/aromatic N) is 2. The minimum Gasteiger partial charge on any atom is -0.396 e. The minimum absolute atomic E-state index is 0.00846. The molecule has 0 fully saturated rings. The van der Waals surface area contributed by atoms with Gasteiger partial charge in [-0.15, -0.1) is 0 Å². The topological polar surface area (TPSA) is 127 Å². The number of hydrogen-bond donors (Lipinski definition) is 4. The Labute approximate surface area is 244 Å². The fourth-order valence-corrected chi connectivity index (χ4v) is 5.77. The number of aromatic amines is 1. The molecular formula is C29H18ClF5N6O2. The molecule has 0 saturated heterocycles. The molecule has 3 heterocycles. The molecule has 0 radical (unpaired) electrons. The van der Waals surface area contributed by atoms with Gasteiger partial charge in [0.1, 0.15) is 23.3 Å². The van der Waals surface area contributed by atoms with E-state index in [1.165, 1.54) is 23.2 Å². The second-order valence-electron chi connectivity index (χ2n) is 9.95. The highest BCUT2D eigenvalue weighted by Gasteiger charge is 2.41. The lowest BCUT2D eigenvalue weighted by Gasteiger charge is -2.35. The van der Waals surface area contributed by atoms with Crippen LogP contribution in [0.4, 0.5) is 43.8 Å². The number of benzene rings is 3. The quantitative estimate of drug-likeness (QED) is 0.196. The fraction of sp³-hybridized carbons (Fsp3) is 0.138. The van der Waals surface area contributed by atoms with Crippen LogP contribution in [0.1, 0.15) is 44.2 Å². The number of anilines is 3. The molecule has 2 aliphatic heterocycles. The van der Waals surface area contributed by atoms with Crippen molar-refractivity contribution in [3.05, 3.63) is 98.7 Å². The lowest BCUT2D eigenvalue weighted by atomic mass is 9.88. The van der Waals surface area contributed by atoms with Crippen LogP contribution in [-0.2, 0) is 12.6 Å². The molecule has 6 rings (SSSR count). The van der Waals surface area contributed by atoms with E-state index in [4.69, 9.17) is 17.3 Å². The van der Waals surface area contributed by atoms with E-state index in [1.54, 1.807) is 0 Å². The van der Waals surface area contributed by atoms with Crippen molar-refractivity contribution in [3.8, 4) is 17.3 Å². The summed E-state index contributed by atoms with van der Waals surface area (Å²) in [6, 6.07) is 6.80. The Kier molecular flexibility index (Phi) is 6.54. The van der Waals surface area contributed by atoms with Crippen molar-refractivity contribution in [3.63, 3.8) is 0 Å². The number of hydrogen-bond acceptors (Lipinski definition) is 4. The summed E-state index contributed by atoms with van der Waals surface area (Å²) in [6.45, 7) is 0.207. The molecule has 0 saturated carbocycles. The number of alkyl halides is 3. The normalized spacial score (nSPS) is 15.6. The Bertz CT molecular complexity index is 1900. The van der Waals surface area contributed by atoms with Gasteiger partial charge in [0.25, 0.3) is 5.91 Å². The molecule has 1 atom stereocenters. The lowest BCUT2D eigenvalue weighted by molar-refractivity contribution is -0.137. The molecule has 1 unspecified atom stereocenters. The number of nitrogens with one attached hydrogen (secondary N) is 3. The molecule has 0 spiro atoms. The highest BCUT2D eigenvalue weighted by atomic mass is 35.5. The summed E-state index contributed by atoms with van der Waals surface area (Å²) in [4.78, 5) is 31.0. The van der Waals surface area contributed by atoms with E-state index in [0.717, 1.165) is 12.1 Å². The average molecular weight is 613 g/mol. The number of nitrogen functional groups attached to an aromatic ring is 1. The molecule has 1 aromatic heterocycles. The maximum atomic E-state index is 14.4. The first-order chi connectivity index (χ1) is 20.4. The molecular weight excluding hydrogens is 595 g/mol. The number of H-pyrrole nitrogens is 1. The molecule has 3 amide bonds. The van der Waals surface area contributed by atoms with Crippen molar-refractivity contribution >= 4 is 40.6 Å². The van der Waals surface area contributed by atoms with Gasteiger partial charge in [-0.2, -0.15) is 18.4 Å². The van der Waals surface area contributed by atoms with E-state index < -0.39 is 46.9 Å². The number of carbonyl (C=O) groups is 2. The average Bonchev–Trinajstić information content (AvgIpc) is 3.56. The Morgan fingerprint density at radius 3 is 2.63 bits per heavy atom. The van der Waals surface area contributed by atoms with Crippen LogP contribution in [-0.4, -0.2) is 23.5 Å². The van der Waals surface area contributed by atoms with Crippen LogP contribution in [0.15, 0.2) is 48.7 Å². The number of nitriles is 1. The number of aromatic nitrogens is 1. The number of halogens is 6. The van der Waals surface area contributed by atoms with Crippen molar-refractivity contribution in [1.29, 1.82) is 5.26 Å². The molecule has 0 bridgehead atoms. The summed E-state index contributed by atoms with van der Waals surface area (Å²) in [5.74, 6) is -3.03. The van der Waals surface area contributed by atoms with Gasteiger partial charge < -0.3 is 21.4 Å². The van der Waals surface area contributed by atoms with Crippen molar-refractivity contribution in [2.24, 2.45) is 0 Å². The summed E-state index contributed by atoms with van der Waals surface area (Å²) in [6.07, 6.45) is -3.20. The zero-order valence-corrected chi connectivity index (χ0v) is 22.4. The van der Waals surface area contributed by atoms with Gasteiger partial charge in [0.2, 0.25) is 0 Å². The number of rotatable bonds is 4. The zero-order valence-electron chi connectivity index (χ0n) is 21.7. The second-order valence-corrected chi connectivity index (χ2v) is 10.4. The van der Waals surface area contributed by atoms with Crippen molar-refractivity contribution in [1.82, 2.24) is 10.3 Å². The summed E-state index contributed by atoms with van der Waals surface area (Å²) in [5.41, 5.74) is 6.23. The van der Waals surface area contributed by atoms with Crippen LogP contribution >= 0.6 is 11.6 Å². The minimum atomic E-state index is -4.92. The number of urea groups is 1. The van der Waals surface area contributed by atoms with E-state index in [1.807, 2.05) is 6.07 Å². The van der Waals surface area contributed by atoms with Crippen molar-refractivity contribution < 1.29 is 31.5 Å². The van der Waals surface area contributed by atoms with Gasteiger partial charge in [-0.05, 0) is 54.4 Å². The van der Waals surface area contributed by atoms with Crippen LogP contribution in [0, 0.1) is 23.0 Å². The van der Waals surface area contributed by atoms with Gasteiger partial charge in [0, 0.05) is 45.7 Å². The van der Waals surface area contributed by atoms with E-state index >= 15 is 0 Å². The molecule has 0 aliphatic carbocycles. The Balaban J connectivity index is 1.60. The first-order valence-electron chi connectivity index (χ1n) is 12.7. The smallest absolute Gasteiger partial charge is 0.396 e. The third kappa shape index (κ3) is 4.69. The van der Waals surface area contributed by atoms with E-state index in [9.17, 15) is 36.8 Å². The van der Waals surface area contributed by atoms with Crippen LogP contribution in [0.2, 0.25) is 5.02 Å². The Morgan fingerprint density at radius 1 is 1.14 bits per heavy atom. The van der Waals surface area contributed by atoms with E-state index in [-0.39, 0.29) is 51.4 Å². The van der Waals surface area contributed by atoms with E-state index in [0.29, 0.717) is 35.4 Å². The molecule has 8 nitrogen and oxygen atoms in total. The predicted molar refractivity (Wildman–Crippen MR) is 148 cm³/mol. The molecule has 14 heteroatoms. The SMILES string of the molecule is N#Cc1c(N)c[nH]c1-c1cc(NC(=O)c2cc(F)cc(C(F)(F)F)c2)c2c3c1CCN3C(=O)NC2c1cc(F)ccc1Cl. The largest absolute Gasteiger partial charge is 0.416 e. The highest BCUT2D eigenvalue weighted by molar-refractivity contribution is 6.31. The molecule has 2 aliphatic rings. The van der Waals surface area contributed by atoms with Crippen LogP contribution in [0.25, 0.3) is 11.3 Å². The van der Waals surface area contributed by atoms with Gasteiger partial charge in [0.15, 0.2) is 0 Å². The monoisotopic (exact) mass is 612 g/mol.